The van der Waals surface area contributed by atoms with Crippen molar-refractivity contribution in [2.45, 2.75) is 20.1 Å². The van der Waals surface area contributed by atoms with Gasteiger partial charge in [0.15, 0.2) is 0 Å². The lowest BCUT2D eigenvalue weighted by atomic mass is 10.1. The first-order valence-corrected chi connectivity index (χ1v) is 10.4. The van der Waals surface area contributed by atoms with E-state index in [2.05, 4.69) is 5.10 Å². The zero-order valence-corrected chi connectivity index (χ0v) is 17.6. The Morgan fingerprint density at radius 2 is 1.97 bits per heavy atom. The minimum absolute atomic E-state index is 0.126. The Morgan fingerprint density at radius 3 is 2.75 bits per heavy atom. The number of aromatic nitrogens is 3. The quantitative estimate of drug-likeness (QED) is 0.537. The third-order valence-electron chi connectivity index (χ3n) is 5.65. The number of aliphatic hydroxyl groups is 1. The van der Waals surface area contributed by atoms with Crippen molar-refractivity contribution in [1.82, 2.24) is 14.2 Å². The van der Waals surface area contributed by atoms with Crippen LogP contribution in [0.3, 0.4) is 0 Å². The molecule has 162 valence electrons. The van der Waals surface area contributed by atoms with Crippen molar-refractivity contribution >= 4 is 17.1 Å². The van der Waals surface area contributed by atoms with Crippen LogP contribution in [0.4, 0.5) is 5.69 Å². The highest BCUT2D eigenvalue weighted by Gasteiger charge is 2.25. The molecule has 0 atom stereocenters. The SMILES string of the molecule is Cc1ccc2c(c1)N(C(=O)Cn1ccn3nc(-c4ccccc4)c(CO)c3c1=O)CCO2. The number of carbonyl (C=O) groups is 1. The van der Waals surface area contributed by atoms with Gasteiger partial charge in [-0.25, -0.2) is 4.52 Å². The molecule has 0 saturated heterocycles. The van der Waals surface area contributed by atoms with E-state index in [1.165, 1.54) is 9.08 Å². The molecule has 0 bridgehead atoms. The third kappa shape index (κ3) is 3.34. The van der Waals surface area contributed by atoms with E-state index in [1.807, 2.05) is 55.5 Å². The molecule has 0 fully saturated rings. The van der Waals surface area contributed by atoms with E-state index in [9.17, 15) is 14.7 Å². The van der Waals surface area contributed by atoms with Gasteiger partial charge in [-0.05, 0) is 24.6 Å². The van der Waals surface area contributed by atoms with Gasteiger partial charge in [-0.3, -0.25) is 9.59 Å². The van der Waals surface area contributed by atoms with E-state index in [0.717, 1.165) is 11.1 Å². The second kappa shape index (κ2) is 7.97. The molecular weight excluding hydrogens is 408 g/mol. The second-order valence-corrected chi connectivity index (χ2v) is 7.74. The minimum atomic E-state index is -0.377. The molecule has 0 spiro atoms. The van der Waals surface area contributed by atoms with Crippen molar-refractivity contribution in [1.29, 1.82) is 0 Å². The van der Waals surface area contributed by atoms with Crippen LogP contribution >= 0.6 is 0 Å². The maximum absolute atomic E-state index is 13.3. The topological polar surface area (TPSA) is 89.1 Å². The molecule has 8 nitrogen and oxygen atoms in total. The third-order valence-corrected chi connectivity index (χ3v) is 5.65. The van der Waals surface area contributed by atoms with E-state index < -0.39 is 0 Å². The molecule has 1 aliphatic heterocycles. The number of rotatable bonds is 4. The number of benzene rings is 2. The first-order chi connectivity index (χ1) is 15.6. The van der Waals surface area contributed by atoms with E-state index in [4.69, 9.17) is 4.74 Å². The van der Waals surface area contributed by atoms with Crippen LogP contribution in [-0.4, -0.2) is 38.3 Å². The number of aliphatic hydroxyl groups excluding tert-OH is 1. The molecule has 4 aromatic rings. The fraction of sp³-hybridized carbons (Fsp3) is 0.208. The van der Waals surface area contributed by atoms with Crippen molar-refractivity contribution in [2.24, 2.45) is 0 Å². The minimum Gasteiger partial charge on any atom is -0.490 e. The van der Waals surface area contributed by atoms with Crippen LogP contribution in [0, 0.1) is 6.92 Å². The highest BCUT2D eigenvalue weighted by Crippen LogP contribution is 2.32. The molecule has 3 heterocycles. The number of anilines is 1. The van der Waals surface area contributed by atoms with Crippen molar-refractivity contribution < 1.29 is 14.6 Å². The molecular formula is C24H22N4O4. The first-order valence-electron chi connectivity index (χ1n) is 10.4. The van der Waals surface area contributed by atoms with Gasteiger partial charge in [-0.1, -0.05) is 36.4 Å². The van der Waals surface area contributed by atoms with Gasteiger partial charge in [0, 0.05) is 23.5 Å². The van der Waals surface area contributed by atoms with Crippen LogP contribution in [0.2, 0.25) is 0 Å². The zero-order chi connectivity index (χ0) is 22.2. The van der Waals surface area contributed by atoms with Crippen LogP contribution in [-0.2, 0) is 17.9 Å². The lowest BCUT2D eigenvalue weighted by Crippen LogP contribution is -2.41. The normalized spacial score (nSPS) is 13.1. The molecule has 8 heteroatoms. The maximum atomic E-state index is 13.3. The highest BCUT2D eigenvalue weighted by molar-refractivity contribution is 5.95. The fourth-order valence-corrected chi connectivity index (χ4v) is 4.07. The van der Waals surface area contributed by atoms with Gasteiger partial charge in [-0.2, -0.15) is 5.10 Å². The molecule has 0 radical (unpaired) electrons. The summed E-state index contributed by atoms with van der Waals surface area (Å²) in [5.41, 5.74) is 3.41. The van der Waals surface area contributed by atoms with Crippen molar-refractivity contribution in [3.05, 3.63) is 82.4 Å². The van der Waals surface area contributed by atoms with Crippen molar-refractivity contribution in [2.75, 3.05) is 18.1 Å². The number of fused-ring (bicyclic) bond motifs is 2. The lowest BCUT2D eigenvalue weighted by Gasteiger charge is -2.30. The summed E-state index contributed by atoms with van der Waals surface area (Å²) in [6.45, 7) is 2.30. The monoisotopic (exact) mass is 430 g/mol. The van der Waals surface area contributed by atoms with Crippen LogP contribution in [0.1, 0.15) is 11.1 Å². The smallest absolute Gasteiger partial charge is 0.277 e. The molecule has 2 aromatic heterocycles. The van der Waals surface area contributed by atoms with E-state index in [1.54, 1.807) is 17.3 Å². The number of nitrogens with zero attached hydrogens (tertiary/aromatic N) is 4. The number of hydrogen-bond donors (Lipinski definition) is 1. The average Bonchev–Trinajstić information content (AvgIpc) is 3.20. The van der Waals surface area contributed by atoms with Gasteiger partial charge in [0.1, 0.15) is 24.4 Å². The van der Waals surface area contributed by atoms with Gasteiger partial charge in [0.05, 0.1) is 24.5 Å². The Kier molecular flexibility index (Phi) is 4.99. The van der Waals surface area contributed by atoms with Gasteiger partial charge < -0.3 is 19.3 Å². The van der Waals surface area contributed by atoms with Crippen LogP contribution in [0.25, 0.3) is 16.8 Å². The highest BCUT2D eigenvalue weighted by atomic mass is 16.5. The lowest BCUT2D eigenvalue weighted by molar-refractivity contribution is -0.119. The number of amides is 1. The van der Waals surface area contributed by atoms with Crippen LogP contribution < -0.4 is 15.2 Å². The zero-order valence-electron chi connectivity index (χ0n) is 17.6. The molecule has 32 heavy (non-hydrogen) atoms. The van der Waals surface area contributed by atoms with Gasteiger partial charge in [0.25, 0.3) is 5.56 Å². The largest absolute Gasteiger partial charge is 0.490 e. The summed E-state index contributed by atoms with van der Waals surface area (Å²) in [5, 5.41) is 14.5. The summed E-state index contributed by atoms with van der Waals surface area (Å²) >= 11 is 0. The Bertz CT molecular complexity index is 1370. The molecule has 1 amide bonds. The predicted molar refractivity (Wildman–Crippen MR) is 120 cm³/mol. The Labute approximate surface area is 183 Å². The molecule has 1 aliphatic rings. The summed E-state index contributed by atoms with van der Waals surface area (Å²) in [5.74, 6) is 0.448. The summed E-state index contributed by atoms with van der Waals surface area (Å²) in [7, 11) is 0. The molecule has 0 unspecified atom stereocenters. The summed E-state index contributed by atoms with van der Waals surface area (Å²) in [6, 6.07) is 15.1. The fourth-order valence-electron chi connectivity index (χ4n) is 4.07. The van der Waals surface area contributed by atoms with Crippen molar-refractivity contribution in [3.63, 3.8) is 0 Å². The Balaban J connectivity index is 1.52. The predicted octanol–water partition coefficient (Wildman–Crippen LogP) is 2.39. The molecule has 5 rings (SSSR count). The molecule has 2 aromatic carbocycles. The number of aryl methyl sites for hydroxylation is 1. The van der Waals surface area contributed by atoms with E-state index in [-0.39, 0.29) is 30.1 Å². The summed E-state index contributed by atoms with van der Waals surface area (Å²) < 4.78 is 8.49. The molecule has 1 N–H and O–H groups in total. The van der Waals surface area contributed by atoms with Crippen LogP contribution in [0.15, 0.2) is 65.7 Å². The van der Waals surface area contributed by atoms with Crippen molar-refractivity contribution in [3.8, 4) is 17.0 Å². The van der Waals surface area contributed by atoms with Gasteiger partial charge in [0.2, 0.25) is 5.91 Å². The molecule has 0 aliphatic carbocycles. The van der Waals surface area contributed by atoms with E-state index in [0.29, 0.717) is 35.8 Å². The van der Waals surface area contributed by atoms with Gasteiger partial charge >= 0.3 is 0 Å². The van der Waals surface area contributed by atoms with Gasteiger partial charge in [-0.15, -0.1) is 0 Å². The van der Waals surface area contributed by atoms with E-state index >= 15 is 0 Å². The second-order valence-electron chi connectivity index (χ2n) is 7.74. The summed E-state index contributed by atoms with van der Waals surface area (Å²) in [4.78, 5) is 28.1. The number of hydrogen-bond acceptors (Lipinski definition) is 5. The standard InChI is InChI=1S/C24H22N4O4/c1-16-7-8-20-19(13-16)27(11-12-32-20)21(30)14-26-9-10-28-23(24(26)31)18(15-29)22(25-28)17-5-3-2-4-6-17/h2-10,13,29H,11-12,14-15H2,1H3. The number of carbonyl (C=O) groups excluding carboxylic acids is 1. The first kappa shape index (κ1) is 20.0. The number of ether oxygens (including phenoxy) is 1. The summed E-state index contributed by atoms with van der Waals surface area (Å²) in [6.07, 6.45) is 3.18. The maximum Gasteiger partial charge on any atom is 0.277 e. The average molecular weight is 430 g/mol. The Hall–Kier alpha value is -3.91. The Morgan fingerprint density at radius 1 is 1.16 bits per heavy atom. The van der Waals surface area contributed by atoms with Crippen LogP contribution in [0.5, 0.6) is 5.75 Å². The molecule has 0 saturated carbocycles.